The number of hydrogen-bond acceptors (Lipinski definition) is 2. The van der Waals surface area contributed by atoms with Crippen molar-refractivity contribution in [1.29, 1.82) is 0 Å². The Morgan fingerprint density at radius 3 is 2.20 bits per heavy atom. The zero-order chi connectivity index (χ0) is 11.8. The van der Waals surface area contributed by atoms with E-state index in [0.717, 1.165) is 12.8 Å². The summed E-state index contributed by atoms with van der Waals surface area (Å²) in [7, 11) is 0. The lowest BCUT2D eigenvalue weighted by Crippen LogP contribution is -2.13. The standard InChI is InChI=1S/C11H20O4/c1-8(7-9(2)11(14)15)5-3-4-6-10(12)13/h8-9H,3-7H2,1-2H3,(H,12,13)(H,14,15). The third kappa shape index (κ3) is 7.97. The van der Waals surface area contributed by atoms with Crippen molar-refractivity contribution in [2.24, 2.45) is 11.8 Å². The van der Waals surface area contributed by atoms with Crippen LogP contribution < -0.4 is 0 Å². The summed E-state index contributed by atoms with van der Waals surface area (Å²) in [5.74, 6) is -1.47. The monoisotopic (exact) mass is 216 g/mol. The summed E-state index contributed by atoms with van der Waals surface area (Å²) in [6, 6.07) is 0. The molecule has 2 unspecified atom stereocenters. The van der Waals surface area contributed by atoms with Crippen molar-refractivity contribution in [1.82, 2.24) is 0 Å². The smallest absolute Gasteiger partial charge is 0.306 e. The summed E-state index contributed by atoms with van der Waals surface area (Å²) >= 11 is 0. The second kappa shape index (κ2) is 7.26. The highest BCUT2D eigenvalue weighted by atomic mass is 16.4. The minimum absolute atomic E-state index is 0.210. The van der Waals surface area contributed by atoms with Gasteiger partial charge in [0, 0.05) is 6.42 Å². The van der Waals surface area contributed by atoms with Gasteiger partial charge in [-0.1, -0.05) is 26.7 Å². The molecule has 4 heteroatoms. The van der Waals surface area contributed by atoms with Crippen LogP contribution in [-0.2, 0) is 9.59 Å². The van der Waals surface area contributed by atoms with Gasteiger partial charge in [-0.15, -0.1) is 0 Å². The van der Waals surface area contributed by atoms with Gasteiger partial charge in [-0.25, -0.2) is 0 Å². The molecule has 0 radical (unpaired) electrons. The number of carboxylic acid groups (broad SMARTS) is 2. The summed E-state index contributed by atoms with van der Waals surface area (Å²) in [5.41, 5.74) is 0. The molecule has 88 valence electrons. The molecule has 0 spiro atoms. The largest absolute Gasteiger partial charge is 0.481 e. The van der Waals surface area contributed by atoms with Crippen LogP contribution in [0, 0.1) is 11.8 Å². The van der Waals surface area contributed by atoms with Gasteiger partial charge in [-0.2, -0.15) is 0 Å². The zero-order valence-electron chi connectivity index (χ0n) is 9.40. The van der Waals surface area contributed by atoms with E-state index in [0.29, 0.717) is 18.8 Å². The summed E-state index contributed by atoms with van der Waals surface area (Å²) < 4.78 is 0. The highest BCUT2D eigenvalue weighted by Gasteiger charge is 2.14. The minimum atomic E-state index is -0.762. The number of carbonyl (C=O) groups is 2. The fourth-order valence-electron chi connectivity index (χ4n) is 1.59. The summed E-state index contributed by atoms with van der Waals surface area (Å²) in [5, 5.41) is 17.1. The maximum Gasteiger partial charge on any atom is 0.306 e. The molecule has 0 saturated carbocycles. The molecule has 15 heavy (non-hydrogen) atoms. The first-order valence-electron chi connectivity index (χ1n) is 5.38. The molecule has 2 atom stereocenters. The van der Waals surface area contributed by atoms with E-state index < -0.39 is 11.9 Å². The van der Waals surface area contributed by atoms with E-state index in [4.69, 9.17) is 10.2 Å². The Balaban J connectivity index is 3.53. The molecule has 0 aliphatic heterocycles. The molecular weight excluding hydrogens is 196 g/mol. The molecule has 4 nitrogen and oxygen atoms in total. The minimum Gasteiger partial charge on any atom is -0.481 e. The van der Waals surface area contributed by atoms with Crippen molar-refractivity contribution in [3.05, 3.63) is 0 Å². The molecule has 0 rings (SSSR count). The number of carboxylic acids is 2. The van der Waals surface area contributed by atoms with Crippen molar-refractivity contribution in [2.75, 3.05) is 0 Å². The topological polar surface area (TPSA) is 74.6 Å². The zero-order valence-corrected chi connectivity index (χ0v) is 9.40. The van der Waals surface area contributed by atoms with E-state index in [-0.39, 0.29) is 12.3 Å². The Kier molecular flexibility index (Phi) is 6.75. The normalized spacial score (nSPS) is 14.5. The van der Waals surface area contributed by atoms with Gasteiger partial charge in [0.25, 0.3) is 0 Å². The van der Waals surface area contributed by atoms with Crippen molar-refractivity contribution in [3.8, 4) is 0 Å². The quantitative estimate of drug-likeness (QED) is 0.611. The lowest BCUT2D eigenvalue weighted by atomic mass is 9.93. The maximum atomic E-state index is 10.6. The van der Waals surface area contributed by atoms with E-state index in [2.05, 4.69) is 0 Å². The van der Waals surface area contributed by atoms with E-state index in [1.807, 2.05) is 6.92 Å². The molecule has 0 aliphatic rings. The average Bonchev–Trinajstić information content (AvgIpc) is 2.12. The van der Waals surface area contributed by atoms with Crippen LogP contribution in [0.5, 0.6) is 0 Å². The third-order valence-electron chi connectivity index (χ3n) is 2.52. The highest BCUT2D eigenvalue weighted by Crippen LogP contribution is 2.18. The fourth-order valence-corrected chi connectivity index (χ4v) is 1.59. The van der Waals surface area contributed by atoms with E-state index in [9.17, 15) is 9.59 Å². The number of aliphatic carboxylic acids is 2. The van der Waals surface area contributed by atoms with Crippen LogP contribution in [0.1, 0.15) is 46.0 Å². The lowest BCUT2D eigenvalue weighted by Gasteiger charge is -2.13. The Bertz CT molecular complexity index is 213. The van der Waals surface area contributed by atoms with Gasteiger partial charge in [-0.05, 0) is 18.8 Å². The van der Waals surface area contributed by atoms with E-state index >= 15 is 0 Å². The van der Waals surface area contributed by atoms with Crippen LogP contribution in [0.15, 0.2) is 0 Å². The van der Waals surface area contributed by atoms with Gasteiger partial charge in [0.2, 0.25) is 0 Å². The first-order valence-corrected chi connectivity index (χ1v) is 5.38. The first kappa shape index (κ1) is 13.9. The predicted molar refractivity (Wildman–Crippen MR) is 56.7 cm³/mol. The van der Waals surface area contributed by atoms with Crippen LogP contribution in [0.2, 0.25) is 0 Å². The Morgan fingerprint density at radius 2 is 1.73 bits per heavy atom. The highest BCUT2D eigenvalue weighted by molar-refractivity contribution is 5.69. The SMILES string of the molecule is CC(CCCCC(=O)O)CC(C)C(=O)O. The molecule has 0 aromatic rings. The Morgan fingerprint density at radius 1 is 1.13 bits per heavy atom. The molecule has 0 bridgehead atoms. The van der Waals surface area contributed by atoms with Crippen LogP contribution in [0.4, 0.5) is 0 Å². The van der Waals surface area contributed by atoms with Gasteiger partial charge in [0.15, 0.2) is 0 Å². The lowest BCUT2D eigenvalue weighted by molar-refractivity contribution is -0.141. The van der Waals surface area contributed by atoms with Crippen molar-refractivity contribution in [3.63, 3.8) is 0 Å². The van der Waals surface area contributed by atoms with Crippen molar-refractivity contribution >= 4 is 11.9 Å². The van der Waals surface area contributed by atoms with E-state index in [1.165, 1.54) is 0 Å². The predicted octanol–water partition coefficient (Wildman–Crippen LogP) is 2.38. The second-order valence-electron chi connectivity index (χ2n) is 4.22. The fraction of sp³-hybridized carbons (Fsp3) is 0.818. The molecule has 0 fully saturated rings. The third-order valence-corrected chi connectivity index (χ3v) is 2.52. The van der Waals surface area contributed by atoms with Gasteiger partial charge >= 0.3 is 11.9 Å². The van der Waals surface area contributed by atoms with Crippen molar-refractivity contribution < 1.29 is 19.8 Å². The Labute approximate surface area is 90.3 Å². The maximum absolute atomic E-state index is 10.6. The van der Waals surface area contributed by atoms with Crippen LogP contribution in [0.25, 0.3) is 0 Å². The summed E-state index contributed by atoms with van der Waals surface area (Å²) in [6.07, 6.45) is 3.33. The molecule has 0 saturated heterocycles. The van der Waals surface area contributed by atoms with Gasteiger partial charge in [0.05, 0.1) is 5.92 Å². The molecule has 2 N–H and O–H groups in total. The molecule has 0 aromatic carbocycles. The van der Waals surface area contributed by atoms with Gasteiger partial charge < -0.3 is 10.2 Å². The van der Waals surface area contributed by atoms with Gasteiger partial charge in [-0.3, -0.25) is 9.59 Å². The summed E-state index contributed by atoms with van der Waals surface area (Å²) in [4.78, 5) is 20.8. The van der Waals surface area contributed by atoms with Crippen molar-refractivity contribution in [2.45, 2.75) is 46.0 Å². The molecule has 0 aliphatic carbocycles. The molecule has 0 amide bonds. The molecule has 0 heterocycles. The Hall–Kier alpha value is -1.06. The summed E-state index contributed by atoms with van der Waals surface area (Å²) in [6.45, 7) is 3.72. The first-order chi connectivity index (χ1) is 6.93. The molecular formula is C11H20O4. The van der Waals surface area contributed by atoms with Crippen LogP contribution >= 0.6 is 0 Å². The number of hydrogen-bond donors (Lipinski definition) is 2. The second-order valence-corrected chi connectivity index (χ2v) is 4.22. The number of rotatable bonds is 8. The average molecular weight is 216 g/mol. The van der Waals surface area contributed by atoms with E-state index in [1.54, 1.807) is 6.92 Å². The number of unbranched alkanes of at least 4 members (excludes halogenated alkanes) is 1. The van der Waals surface area contributed by atoms with Crippen LogP contribution in [-0.4, -0.2) is 22.2 Å². The van der Waals surface area contributed by atoms with Gasteiger partial charge in [0.1, 0.15) is 0 Å². The van der Waals surface area contributed by atoms with Crippen LogP contribution in [0.3, 0.4) is 0 Å². The molecule has 0 aromatic heterocycles.